The first-order valence-corrected chi connectivity index (χ1v) is 6.92. The minimum absolute atomic E-state index is 0.543. The molecule has 1 aromatic rings. The first-order chi connectivity index (χ1) is 7.18. The van der Waals surface area contributed by atoms with Gasteiger partial charge in [-0.25, -0.2) is 0 Å². The third-order valence-electron chi connectivity index (χ3n) is 2.89. The van der Waals surface area contributed by atoms with Crippen molar-refractivity contribution in [2.75, 3.05) is 18.0 Å². The van der Waals surface area contributed by atoms with Gasteiger partial charge in [0.1, 0.15) is 0 Å². The predicted octanol–water partition coefficient (Wildman–Crippen LogP) is 4.52. The van der Waals surface area contributed by atoms with Gasteiger partial charge in [0.2, 0.25) is 0 Å². The van der Waals surface area contributed by atoms with E-state index in [0.29, 0.717) is 5.92 Å². The van der Waals surface area contributed by atoms with Crippen LogP contribution >= 0.6 is 22.9 Å². The topological polar surface area (TPSA) is 3.24 Å². The van der Waals surface area contributed by atoms with Gasteiger partial charge >= 0.3 is 0 Å². The van der Waals surface area contributed by atoms with Crippen LogP contribution in [0, 0.1) is 0 Å². The molecule has 0 radical (unpaired) electrons. The molecule has 1 aliphatic heterocycles. The molecular weight excluding hydrogens is 226 g/mol. The van der Waals surface area contributed by atoms with Crippen LogP contribution < -0.4 is 4.90 Å². The molecule has 0 unspecified atom stereocenters. The molecule has 3 heteroatoms. The normalized spacial score (nSPS) is 17.5. The summed E-state index contributed by atoms with van der Waals surface area (Å²) in [6, 6.07) is 2.15. The Balaban J connectivity index is 2.17. The van der Waals surface area contributed by atoms with E-state index in [4.69, 9.17) is 11.6 Å². The molecule has 1 aliphatic rings. The third-order valence-corrected chi connectivity index (χ3v) is 4.81. The summed E-state index contributed by atoms with van der Waals surface area (Å²) in [5.41, 5.74) is 0. The van der Waals surface area contributed by atoms with Crippen LogP contribution in [0.2, 0.25) is 5.02 Å². The number of hydrogen-bond acceptors (Lipinski definition) is 2. The van der Waals surface area contributed by atoms with Crippen LogP contribution in [0.1, 0.15) is 43.9 Å². The van der Waals surface area contributed by atoms with Gasteiger partial charge in [0, 0.05) is 18.0 Å². The molecule has 1 saturated heterocycles. The average molecular weight is 244 g/mol. The zero-order valence-corrected chi connectivity index (χ0v) is 11.0. The highest BCUT2D eigenvalue weighted by Crippen LogP contribution is 2.38. The second kappa shape index (κ2) is 4.75. The fourth-order valence-corrected chi connectivity index (χ4v) is 3.64. The van der Waals surface area contributed by atoms with E-state index in [0.717, 1.165) is 5.02 Å². The maximum Gasteiger partial charge on any atom is 0.0926 e. The third kappa shape index (κ3) is 2.48. The maximum absolute atomic E-state index is 6.24. The monoisotopic (exact) mass is 243 g/mol. The van der Waals surface area contributed by atoms with Crippen LogP contribution in [0.4, 0.5) is 5.00 Å². The molecule has 0 aliphatic carbocycles. The molecule has 0 atom stereocenters. The Hall–Kier alpha value is -0.210. The number of piperidine rings is 1. The first kappa shape index (κ1) is 11.3. The fraction of sp³-hybridized carbons (Fsp3) is 0.667. The molecule has 1 nitrogen and oxygen atoms in total. The van der Waals surface area contributed by atoms with E-state index < -0.39 is 0 Å². The Bertz CT molecular complexity index is 326. The van der Waals surface area contributed by atoms with Crippen LogP contribution in [-0.4, -0.2) is 13.1 Å². The summed E-state index contributed by atoms with van der Waals surface area (Å²) in [6.45, 7) is 6.82. The van der Waals surface area contributed by atoms with Gasteiger partial charge in [0.15, 0.2) is 0 Å². The molecule has 0 saturated carbocycles. The Morgan fingerprint density at radius 1 is 1.27 bits per heavy atom. The second-order valence-corrected chi connectivity index (χ2v) is 5.97. The summed E-state index contributed by atoms with van der Waals surface area (Å²) in [5, 5.41) is 2.32. The molecule has 0 aromatic carbocycles. The number of nitrogens with zero attached hydrogens (tertiary/aromatic N) is 1. The lowest BCUT2D eigenvalue weighted by Gasteiger charge is -2.27. The van der Waals surface area contributed by atoms with Crippen molar-refractivity contribution in [1.29, 1.82) is 0 Å². The number of halogens is 1. The molecule has 0 bridgehead atoms. The van der Waals surface area contributed by atoms with Gasteiger partial charge in [-0.1, -0.05) is 25.4 Å². The lowest BCUT2D eigenvalue weighted by Crippen LogP contribution is -2.28. The molecule has 0 spiro atoms. The van der Waals surface area contributed by atoms with Gasteiger partial charge in [0.25, 0.3) is 0 Å². The van der Waals surface area contributed by atoms with Gasteiger partial charge < -0.3 is 4.90 Å². The minimum Gasteiger partial charge on any atom is -0.363 e. The maximum atomic E-state index is 6.24. The van der Waals surface area contributed by atoms with Crippen molar-refractivity contribution in [3.05, 3.63) is 16.0 Å². The quantitative estimate of drug-likeness (QED) is 0.739. The number of anilines is 1. The van der Waals surface area contributed by atoms with Crippen molar-refractivity contribution in [1.82, 2.24) is 0 Å². The molecule has 84 valence electrons. The highest BCUT2D eigenvalue weighted by Gasteiger charge is 2.16. The Morgan fingerprint density at radius 3 is 2.47 bits per heavy atom. The zero-order valence-electron chi connectivity index (χ0n) is 9.42. The largest absolute Gasteiger partial charge is 0.363 e. The van der Waals surface area contributed by atoms with E-state index in [9.17, 15) is 0 Å². The molecular formula is C12H18ClNS. The molecule has 15 heavy (non-hydrogen) atoms. The average Bonchev–Trinajstić information content (AvgIpc) is 2.62. The van der Waals surface area contributed by atoms with Crippen LogP contribution in [0.15, 0.2) is 6.07 Å². The smallest absolute Gasteiger partial charge is 0.0926 e. The molecule has 2 heterocycles. The van der Waals surface area contributed by atoms with E-state index in [1.54, 1.807) is 0 Å². The Kier molecular flexibility index (Phi) is 3.57. The van der Waals surface area contributed by atoms with Crippen molar-refractivity contribution in [2.24, 2.45) is 0 Å². The highest BCUT2D eigenvalue weighted by atomic mass is 35.5. The molecule has 1 aromatic heterocycles. The van der Waals surface area contributed by atoms with Gasteiger partial charge in [-0.05, 0) is 31.2 Å². The van der Waals surface area contributed by atoms with Gasteiger partial charge in [-0.3, -0.25) is 0 Å². The second-order valence-electron chi connectivity index (χ2n) is 4.50. The lowest BCUT2D eigenvalue weighted by molar-refractivity contribution is 0.580. The zero-order chi connectivity index (χ0) is 10.8. The van der Waals surface area contributed by atoms with Crippen molar-refractivity contribution in [3.8, 4) is 0 Å². The Morgan fingerprint density at radius 2 is 1.93 bits per heavy atom. The van der Waals surface area contributed by atoms with Crippen LogP contribution in [-0.2, 0) is 0 Å². The molecule has 2 rings (SSSR count). The minimum atomic E-state index is 0.543. The van der Waals surface area contributed by atoms with E-state index in [1.165, 1.54) is 42.2 Å². The summed E-state index contributed by atoms with van der Waals surface area (Å²) in [6.07, 6.45) is 4.03. The van der Waals surface area contributed by atoms with Crippen LogP contribution in [0.5, 0.6) is 0 Å². The summed E-state index contributed by atoms with van der Waals surface area (Å²) in [4.78, 5) is 3.81. The molecule has 0 N–H and O–H groups in total. The summed E-state index contributed by atoms with van der Waals surface area (Å²) < 4.78 is 0. The predicted molar refractivity (Wildman–Crippen MR) is 69.5 cm³/mol. The van der Waals surface area contributed by atoms with Crippen molar-refractivity contribution >= 4 is 27.9 Å². The van der Waals surface area contributed by atoms with E-state index >= 15 is 0 Å². The molecule has 1 fully saturated rings. The molecule has 0 amide bonds. The van der Waals surface area contributed by atoms with Crippen molar-refractivity contribution in [3.63, 3.8) is 0 Å². The number of thiophene rings is 1. The standard InChI is InChI=1S/C12H18ClNS/c1-9(2)12-10(13)8-11(15-12)14-6-4-3-5-7-14/h8-9H,3-7H2,1-2H3. The first-order valence-electron chi connectivity index (χ1n) is 5.72. The number of hydrogen-bond donors (Lipinski definition) is 0. The summed E-state index contributed by atoms with van der Waals surface area (Å²) in [5.74, 6) is 0.543. The van der Waals surface area contributed by atoms with Crippen molar-refractivity contribution in [2.45, 2.75) is 39.0 Å². The van der Waals surface area contributed by atoms with Crippen LogP contribution in [0.25, 0.3) is 0 Å². The van der Waals surface area contributed by atoms with Crippen molar-refractivity contribution < 1.29 is 0 Å². The number of rotatable bonds is 2. The SMILES string of the molecule is CC(C)c1sc(N2CCCCC2)cc1Cl. The Labute approximate surface area is 101 Å². The van der Waals surface area contributed by atoms with E-state index in [-0.39, 0.29) is 0 Å². The summed E-state index contributed by atoms with van der Waals surface area (Å²) in [7, 11) is 0. The fourth-order valence-electron chi connectivity index (χ4n) is 2.03. The highest BCUT2D eigenvalue weighted by molar-refractivity contribution is 7.16. The van der Waals surface area contributed by atoms with Gasteiger partial charge in [0.05, 0.1) is 10.0 Å². The van der Waals surface area contributed by atoms with Gasteiger partial charge in [-0.2, -0.15) is 0 Å². The van der Waals surface area contributed by atoms with Gasteiger partial charge in [-0.15, -0.1) is 11.3 Å². The van der Waals surface area contributed by atoms with E-state index in [2.05, 4.69) is 24.8 Å². The van der Waals surface area contributed by atoms with Crippen LogP contribution in [0.3, 0.4) is 0 Å². The summed E-state index contributed by atoms with van der Waals surface area (Å²) >= 11 is 8.11. The van der Waals surface area contributed by atoms with E-state index in [1.807, 2.05) is 11.3 Å². The lowest BCUT2D eigenvalue weighted by atomic mass is 10.1.